The Hall–Kier alpha value is -1.57. The number of ketones is 2. The van der Waals surface area contributed by atoms with Gasteiger partial charge >= 0.3 is 0 Å². The van der Waals surface area contributed by atoms with Gasteiger partial charge in [-0.1, -0.05) is 12.1 Å². The molecule has 1 aromatic rings. The zero-order valence-corrected chi connectivity index (χ0v) is 14.4. The van der Waals surface area contributed by atoms with Crippen LogP contribution in [0.3, 0.4) is 0 Å². The standard InChI is InChI=1S/C16H22N2O4S/c1-13(19)7-8-17-9-11-18(12-10-17)23(21,22)16-5-3-15(4-6-16)14(2)20/h3-6H,7-12H2,1-2H3/p+1. The first-order valence-electron chi connectivity index (χ1n) is 7.75. The fraction of sp³-hybridized carbons (Fsp3) is 0.500. The topological polar surface area (TPSA) is 76.0 Å². The van der Waals surface area contributed by atoms with Crippen LogP contribution in [0.15, 0.2) is 29.2 Å². The first-order chi connectivity index (χ1) is 10.8. The van der Waals surface area contributed by atoms with Crippen LogP contribution in [0.4, 0.5) is 0 Å². The molecule has 1 heterocycles. The summed E-state index contributed by atoms with van der Waals surface area (Å²) in [7, 11) is -3.52. The van der Waals surface area contributed by atoms with Gasteiger partial charge in [0.05, 0.1) is 44.0 Å². The van der Waals surface area contributed by atoms with Gasteiger partial charge in [0.1, 0.15) is 5.78 Å². The van der Waals surface area contributed by atoms with Crippen molar-refractivity contribution >= 4 is 21.6 Å². The third-order valence-corrected chi connectivity index (χ3v) is 6.07. The van der Waals surface area contributed by atoms with Crippen LogP contribution in [0.25, 0.3) is 0 Å². The Morgan fingerprint density at radius 1 is 1.09 bits per heavy atom. The van der Waals surface area contributed by atoms with E-state index in [-0.39, 0.29) is 16.5 Å². The maximum absolute atomic E-state index is 12.6. The maximum Gasteiger partial charge on any atom is 0.243 e. The van der Waals surface area contributed by atoms with Crippen LogP contribution in [0.1, 0.15) is 30.6 Å². The van der Waals surface area contributed by atoms with Crippen molar-refractivity contribution in [1.29, 1.82) is 0 Å². The minimum absolute atomic E-state index is 0.0865. The highest BCUT2D eigenvalue weighted by Crippen LogP contribution is 2.16. The molecule has 0 unspecified atom stereocenters. The number of carbonyl (C=O) groups excluding carboxylic acids is 2. The summed E-state index contributed by atoms with van der Waals surface area (Å²) < 4.78 is 26.7. The second-order valence-electron chi connectivity index (χ2n) is 5.94. The molecule has 0 spiro atoms. The lowest BCUT2D eigenvalue weighted by Gasteiger charge is -2.31. The minimum atomic E-state index is -3.52. The van der Waals surface area contributed by atoms with Gasteiger partial charge in [-0.05, 0) is 26.0 Å². The molecule has 0 amide bonds. The third-order valence-electron chi connectivity index (χ3n) is 4.16. The smallest absolute Gasteiger partial charge is 0.243 e. The number of nitrogens with zero attached hydrogens (tertiary/aromatic N) is 1. The Kier molecular flexibility index (Phi) is 5.67. The van der Waals surface area contributed by atoms with Crippen molar-refractivity contribution in [3.8, 4) is 0 Å². The summed E-state index contributed by atoms with van der Waals surface area (Å²) >= 11 is 0. The van der Waals surface area contributed by atoms with Crippen molar-refractivity contribution in [2.75, 3.05) is 32.7 Å². The Morgan fingerprint density at radius 3 is 2.13 bits per heavy atom. The van der Waals surface area contributed by atoms with E-state index in [1.807, 2.05) is 0 Å². The van der Waals surface area contributed by atoms with Gasteiger partial charge < -0.3 is 4.90 Å². The maximum atomic E-state index is 12.6. The number of sulfonamides is 1. The summed E-state index contributed by atoms with van der Waals surface area (Å²) in [4.78, 5) is 23.8. The molecule has 0 aromatic heterocycles. The van der Waals surface area contributed by atoms with E-state index in [1.165, 1.54) is 28.3 Å². The Balaban J connectivity index is 2.01. The van der Waals surface area contributed by atoms with Gasteiger partial charge in [-0.25, -0.2) is 8.42 Å². The van der Waals surface area contributed by atoms with Crippen molar-refractivity contribution in [1.82, 2.24) is 4.31 Å². The number of rotatable bonds is 6. The fourth-order valence-electron chi connectivity index (χ4n) is 2.66. The van der Waals surface area contributed by atoms with E-state index in [9.17, 15) is 18.0 Å². The van der Waals surface area contributed by atoms with Crippen molar-refractivity contribution in [3.63, 3.8) is 0 Å². The lowest BCUT2D eigenvalue weighted by atomic mass is 10.2. The van der Waals surface area contributed by atoms with E-state index in [0.29, 0.717) is 38.2 Å². The summed E-state index contributed by atoms with van der Waals surface area (Å²) in [5.74, 6) is 0.0785. The van der Waals surface area contributed by atoms with E-state index >= 15 is 0 Å². The van der Waals surface area contributed by atoms with E-state index < -0.39 is 10.0 Å². The van der Waals surface area contributed by atoms with E-state index in [0.717, 1.165) is 6.54 Å². The molecule has 1 fully saturated rings. The quantitative estimate of drug-likeness (QED) is 0.726. The number of quaternary nitrogens is 1. The molecule has 1 aliphatic heterocycles. The van der Waals surface area contributed by atoms with Crippen LogP contribution >= 0.6 is 0 Å². The fourth-order valence-corrected chi connectivity index (χ4v) is 4.10. The molecule has 126 valence electrons. The van der Waals surface area contributed by atoms with Gasteiger partial charge in [0.2, 0.25) is 10.0 Å². The van der Waals surface area contributed by atoms with Crippen LogP contribution in [-0.2, 0) is 14.8 Å². The van der Waals surface area contributed by atoms with Gasteiger partial charge in [-0.2, -0.15) is 4.31 Å². The Bertz CT molecular complexity index is 675. The highest BCUT2D eigenvalue weighted by atomic mass is 32.2. The van der Waals surface area contributed by atoms with Gasteiger partial charge in [0.15, 0.2) is 5.78 Å². The molecule has 0 bridgehead atoms. The molecule has 2 rings (SSSR count). The summed E-state index contributed by atoms with van der Waals surface area (Å²) in [5, 5.41) is 0. The van der Waals surface area contributed by atoms with E-state index in [1.54, 1.807) is 19.1 Å². The second-order valence-corrected chi connectivity index (χ2v) is 7.87. The molecule has 1 aromatic carbocycles. The molecule has 6 nitrogen and oxygen atoms in total. The third kappa shape index (κ3) is 4.46. The van der Waals surface area contributed by atoms with Crippen molar-refractivity contribution in [2.24, 2.45) is 0 Å². The van der Waals surface area contributed by atoms with Crippen LogP contribution in [0, 0.1) is 0 Å². The van der Waals surface area contributed by atoms with Crippen LogP contribution in [0.2, 0.25) is 0 Å². The van der Waals surface area contributed by atoms with Gasteiger partial charge in [-0.3, -0.25) is 9.59 Å². The number of carbonyl (C=O) groups is 2. The van der Waals surface area contributed by atoms with Crippen molar-refractivity contribution < 1.29 is 22.9 Å². The average molecular weight is 339 g/mol. The van der Waals surface area contributed by atoms with Crippen LogP contribution in [0.5, 0.6) is 0 Å². The van der Waals surface area contributed by atoms with Crippen molar-refractivity contribution in [3.05, 3.63) is 29.8 Å². The van der Waals surface area contributed by atoms with Crippen molar-refractivity contribution in [2.45, 2.75) is 25.2 Å². The normalized spacial score (nSPS) is 17.1. The second kappa shape index (κ2) is 7.33. The first kappa shape index (κ1) is 17.8. The Morgan fingerprint density at radius 2 is 1.65 bits per heavy atom. The zero-order chi connectivity index (χ0) is 17.0. The highest BCUT2D eigenvalue weighted by Gasteiger charge is 2.30. The van der Waals surface area contributed by atoms with Gasteiger partial charge in [-0.15, -0.1) is 0 Å². The molecule has 0 saturated carbocycles. The molecule has 7 heteroatoms. The lowest BCUT2D eigenvalue weighted by molar-refractivity contribution is -0.903. The van der Waals surface area contributed by atoms with E-state index in [4.69, 9.17) is 0 Å². The molecule has 0 radical (unpaired) electrons. The lowest BCUT2D eigenvalue weighted by Crippen LogP contribution is -3.14. The summed E-state index contributed by atoms with van der Waals surface area (Å²) in [6, 6.07) is 6.06. The minimum Gasteiger partial charge on any atom is -0.332 e. The molecule has 1 aliphatic rings. The molecule has 0 atom stereocenters. The van der Waals surface area contributed by atoms with Gasteiger partial charge in [0.25, 0.3) is 0 Å². The number of Topliss-reactive ketones (excluding diaryl/α,β-unsaturated/α-hetero) is 2. The number of nitrogens with one attached hydrogen (secondary N) is 1. The number of hydrogen-bond acceptors (Lipinski definition) is 4. The molecule has 0 aliphatic carbocycles. The average Bonchev–Trinajstić information content (AvgIpc) is 2.53. The first-order valence-corrected chi connectivity index (χ1v) is 9.19. The summed E-state index contributed by atoms with van der Waals surface area (Å²) in [5.41, 5.74) is 0.502. The highest BCUT2D eigenvalue weighted by molar-refractivity contribution is 7.89. The van der Waals surface area contributed by atoms with E-state index in [2.05, 4.69) is 0 Å². The summed E-state index contributed by atoms with van der Waals surface area (Å²) in [6.07, 6.45) is 0.536. The molecular formula is C16H23N2O4S+. The van der Waals surface area contributed by atoms with Crippen LogP contribution < -0.4 is 4.90 Å². The number of hydrogen-bond donors (Lipinski definition) is 1. The monoisotopic (exact) mass is 339 g/mol. The molecule has 23 heavy (non-hydrogen) atoms. The Labute approximate surface area is 137 Å². The molecule has 1 saturated heterocycles. The number of benzene rings is 1. The molecular weight excluding hydrogens is 316 g/mol. The SMILES string of the molecule is CC(=O)CC[NH+]1CCN(S(=O)(=O)c2ccc(C(C)=O)cc2)CC1. The van der Waals surface area contributed by atoms with Gasteiger partial charge in [0, 0.05) is 5.56 Å². The largest absolute Gasteiger partial charge is 0.332 e. The molecule has 1 N–H and O–H groups in total. The summed E-state index contributed by atoms with van der Waals surface area (Å²) in [6.45, 7) is 6.10. The predicted molar refractivity (Wildman–Crippen MR) is 86.1 cm³/mol. The predicted octanol–water partition coefficient (Wildman–Crippen LogP) is -0.242. The number of piperazine rings is 1. The van der Waals surface area contributed by atoms with Crippen LogP contribution in [-0.4, -0.2) is 57.0 Å². The zero-order valence-electron chi connectivity index (χ0n) is 13.5.